The van der Waals surface area contributed by atoms with Gasteiger partial charge in [-0.3, -0.25) is 0 Å². The molecule has 0 spiro atoms. The van der Waals surface area contributed by atoms with Crippen molar-refractivity contribution in [3.63, 3.8) is 0 Å². The third-order valence-electron chi connectivity index (χ3n) is 6.63. The topological polar surface area (TPSA) is 108 Å². The van der Waals surface area contributed by atoms with Gasteiger partial charge < -0.3 is 18.4 Å². The fourth-order valence-electron chi connectivity index (χ4n) is 4.98. The summed E-state index contributed by atoms with van der Waals surface area (Å²) in [6, 6.07) is 10.4. The van der Waals surface area contributed by atoms with E-state index in [4.69, 9.17) is 18.4 Å². The van der Waals surface area contributed by atoms with E-state index in [9.17, 15) is 8.42 Å². The molecule has 4 aromatic rings. The molecule has 0 bridgehead atoms. The van der Waals surface area contributed by atoms with E-state index in [0.29, 0.717) is 59.0 Å². The first-order valence-electron chi connectivity index (χ1n) is 11.6. The maximum atomic E-state index is 13.4. The minimum Gasteiger partial charge on any atom is -0.454 e. The summed E-state index contributed by atoms with van der Waals surface area (Å²) in [5.41, 5.74) is 2.01. The third-order valence-corrected chi connectivity index (χ3v) is 8.46. The van der Waals surface area contributed by atoms with Crippen molar-refractivity contribution in [1.29, 1.82) is 0 Å². The number of rotatable bonds is 4. The maximum absolute atomic E-state index is 13.4. The van der Waals surface area contributed by atoms with Gasteiger partial charge in [-0.1, -0.05) is 19.0 Å². The minimum absolute atomic E-state index is 0.183. The lowest BCUT2D eigenvalue weighted by atomic mass is 9.94. The van der Waals surface area contributed by atoms with Crippen molar-refractivity contribution in [1.82, 2.24) is 14.4 Å². The summed E-state index contributed by atoms with van der Waals surface area (Å²) in [7, 11) is -3.61. The Balaban J connectivity index is 1.34. The predicted octanol–water partition coefficient (Wildman–Crippen LogP) is 4.85. The number of piperidine rings is 1. The molecule has 2 aromatic heterocycles. The Morgan fingerprint density at radius 1 is 1.00 bits per heavy atom. The van der Waals surface area contributed by atoms with Crippen LogP contribution in [0.3, 0.4) is 0 Å². The number of hydrogen-bond donors (Lipinski definition) is 0. The predicted molar refractivity (Wildman–Crippen MR) is 128 cm³/mol. The molecule has 0 saturated carbocycles. The standard InChI is InChI=1S/C25H25N3O6S/c1-14-8-15(2)12-28(11-14)35(29,30)18-5-7-20-19(10-18)16(3)23(33-20)25-26-24(27-34-25)17-4-6-21-22(9-17)32-13-31-21/h4-7,9-10,14-15H,8,11-13H2,1-3H3. The zero-order chi connectivity index (χ0) is 24.3. The average molecular weight is 496 g/mol. The van der Waals surface area contributed by atoms with E-state index < -0.39 is 10.0 Å². The highest BCUT2D eigenvalue weighted by Crippen LogP contribution is 2.38. The quantitative estimate of drug-likeness (QED) is 0.395. The van der Waals surface area contributed by atoms with Crippen molar-refractivity contribution in [2.24, 2.45) is 11.8 Å². The molecule has 0 aliphatic carbocycles. The Kier molecular flexibility index (Phi) is 5.12. The first-order chi connectivity index (χ1) is 16.8. The molecule has 2 atom stereocenters. The summed E-state index contributed by atoms with van der Waals surface area (Å²) >= 11 is 0. The number of benzene rings is 2. The largest absolute Gasteiger partial charge is 0.454 e. The number of nitrogens with zero attached hydrogens (tertiary/aromatic N) is 3. The molecule has 1 saturated heterocycles. The van der Waals surface area contributed by atoms with Crippen molar-refractivity contribution in [2.75, 3.05) is 19.9 Å². The summed E-state index contributed by atoms with van der Waals surface area (Å²) in [6.07, 6.45) is 1.04. The van der Waals surface area contributed by atoms with E-state index in [0.717, 1.165) is 17.5 Å². The summed E-state index contributed by atoms with van der Waals surface area (Å²) in [5.74, 6) is 2.97. The van der Waals surface area contributed by atoms with Crippen LogP contribution in [-0.4, -0.2) is 42.7 Å². The van der Waals surface area contributed by atoms with Crippen LogP contribution in [0.15, 0.2) is 50.2 Å². The Morgan fingerprint density at radius 3 is 2.57 bits per heavy atom. The normalized spacial score (nSPS) is 20.5. The van der Waals surface area contributed by atoms with Gasteiger partial charge in [-0.25, -0.2) is 8.42 Å². The lowest BCUT2D eigenvalue weighted by Crippen LogP contribution is -2.42. The maximum Gasteiger partial charge on any atom is 0.294 e. The van der Waals surface area contributed by atoms with Crippen LogP contribution in [-0.2, 0) is 10.0 Å². The fourth-order valence-corrected chi connectivity index (χ4v) is 6.69. The van der Waals surface area contributed by atoms with Crippen LogP contribution in [0.25, 0.3) is 34.0 Å². The number of hydrogen-bond acceptors (Lipinski definition) is 8. The van der Waals surface area contributed by atoms with Gasteiger partial charge in [-0.2, -0.15) is 9.29 Å². The molecule has 2 aliphatic rings. The molecule has 2 unspecified atom stereocenters. The van der Waals surface area contributed by atoms with Crippen LogP contribution in [0.1, 0.15) is 25.8 Å². The second kappa shape index (κ2) is 8.10. The molecule has 1 fully saturated rings. The van der Waals surface area contributed by atoms with Gasteiger partial charge in [0.25, 0.3) is 5.89 Å². The number of aryl methyl sites for hydroxylation is 1. The van der Waals surface area contributed by atoms with Gasteiger partial charge in [0, 0.05) is 29.6 Å². The number of ether oxygens (including phenoxy) is 2. The molecule has 4 heterocycles. The van der Waals surface area contributed by atoms with Crippen LogP contribution >= 0.6 is 0 Å². The number of furan rings is 1. The van der Waals surface area contributed by atoms with Crippen molar-refractivity contribution >= 4 is 21.0 Å². The SMILES string of the molecule is Cc1c(-c2nc(-c3ccc4c(c3)OCO4)no2)oc2ccc(S(=O)(=O)N3CC(C)CC(C)C3)cc12. The van der Waals surface area contributed by atoms with E-state index in [1.807, 2.05) is 13.0 Å². The lowest BCUT2D eigenvalue weighted by Gasteiger charge is -2.34. The van der Waals surface area contributed by atoms with E-state index in [-0.39, 0.29) is 17.6 Å². The summed E-state index contributed by atoms with van der Waals surface area (Å²) in [6.45, 7) is 7.29. The average Bonchev–Trinajstić information content (AvgIpc) is 3.56. The van der Waals surface area contributed by atoms with Crippen molar-refractivity contribution < 1.29 is 26.8 Å². The van der Waals surface area contributed by atoms with E-state index >= 15 is 0 Å². The lowest BCUT2D eigenvalue weighted by molar-refractivity contribution is 0.174. The van der Waals surface area contributed by atoms with Crippen molar-refractivity contribution in [3.05, 3.63) is 42.0 Å². The Hall–Kier alpha value is -3.37. The van der Waals surface area contributed by atoms with E-state index in [1.165, 1.54) is 0 Å². The zero-order valence-corrected chi connectivity index (χ0v) is 20.5. The Morgan fingerprint density at radius 2 is 1.77 bits per heavy atom. The van der Waals surface area contributed by atoms with Gasteiger partial charge in [0.1, 0.15) is 5.58 Å². The molecule has 2 aromatic carbocycles. The van der Waals surface area contributed by atoms with Gasteiger partial charge in [-0.15, -0.1) is 0 Å². The van der Waals surface area contributed by atoms with Gasteiger partial charge >= 0.3 is 0 Å². The molecular weight excluding hydrogens is 470 g/mol. The second-order valence-electron chi connectivity index (χ2n) is 9.47. The number of fused-ring (bicyclic) bond motifs is 2. The molecule has 0 radical (unpaired) electrons. The Bertz CT molecular complexity index is 1530. The Labute approximate surface area is 202 Å². The van der Waals surface area contributed by atoms with Crippen LogP contribution in [0.4, 0.5) is 0 Å². The zero-order valence-electron chi connectivity index (χ0n) is 19.6. The molecule has 35 heavy (non-hydrogen) atoms. The van der Waals surface area contributed by atoms with Gasteiger partial charge in [0.15, 0.2) is 17.3 Å². The molecular formula is C25H25N3O6S. The van der Waals surface area contributed by atoms with Crippen LogP contribution in [0.5, 0.6) is 11.5 Å². The van der Waals surface area contributed by atoms with Crippen molar-refractivity contribution in [2.45, 2.75) is 32.1 Å². The fraction of sp³-hybridized carbons (Fsp3) is 0.360. The highest BCUT2D eigenvalue weighted by Gasteiger charge is 2.32. The highest BCUT2D eigenvalue weighted by molar-refractivity contribution is 7.89. The van der Waals surface area contributed by atoms with Gasteiger partial charge in [0.05, 0.1) is 4.90 Å². The highest BCUT2D eigenvalue weighted by atomic mass is 32.2. The van der Waals surface area contributed by atoms with Gasteiger partial charge in [-0.05, 0) is 61.6 Å². The molecule has 10 heteroatoms. The molecule has 6 rings (SSSR count). The first-order valence-corrected chi connectivity index (χ1v) is 13.0. The smallest absolute Gasteiger partial charge is 0.294 e. The number of aromatic nitrogens is 2. The van der Waals surface area contributed by atoms with E-state index in [2.05, 4.69) is 24.0 Å². The van der Waals surface area contributed by atoms with Crippen LogP contribution < -0.4 is 9.47 Å². The summed E-state index contributed by atoms with van der Waals surface area (Å²) in [4.78, 5) is 4.76. The monoisotopic (exact) mass is 495 g/mol. The van der Waals surface area contributed by atoms with Gasteiger partial charge in [0.2, 0.25) is 22.6 Å². The van der Waals surface area contributed by atoms with Crippen LogP contribution in [0.2, 0.25) is 0 Å². The molecule has 0 amide bonds. The third kappa shape index (κ3) is 3.77. The summed E-state index contributed by atoms with van der Waals surface area (Å²) < 4.78 is 50.6. The van der Waals surface area contributed by atoms with Crippen LogP contribution in [0, 0.1) is 18.8 Å². The molecule has 2 aliphatic heterocycles. The molecule has 182 valence electrons. The minimum atomic E-state index is -3.61. The second-order valence-corrected chi connectivity index (χ2v) is 11.4. The molecule has 9 nitrogen and oxygen atoms in total. The molecule has 0 N–H and O–H groups in total. The summed E-state index contributed by atoms with van der Waals surface area (Å²) in [5, 5.41) is 4.78. The van der Waals surface area contributed by atoms with Crippen molar-refractivity contribution in [3.8, 4) is 34.5 Å². The van der Waals surface area contributed by atoms with E-state index in [1.54, 1.807) is 34.6 Å². The first kappa shape index (κ1) is 22.1. The number of sulfonamides is 1.